The molecule has 1 aliphatic heterocycles. The molecule has 0 saturated heterocycles. The lowest BCUT2D eigenvalue weighted by atomic mass is 9.82. The Morgan fingerprint density at radius 1 is 1.31 bits per heavy atom. The number of aryl methyl sites for hydroxylation is 1. The summed E-state index contributed by atoms with van der Waals surface area (Å²) < 4.78 is 15.9. The molecule has 7 heteroatoms. The summed E-state index contributed by atoms with van der Waals surface area (Å²) in [5.74, 6) is -0.468. The highest BCUT2D eigenvalue weighted by atomic mass is 35.5. The van der Waals surface area contributed by atoms with Gasteiger partial charge in [-0.25, -0.2) is 4.39 Å². The minimum atomic E-state index is -1.04. The van der Waals surface area contributed by atoms with E-state index in [-0.39, 0.29) is 11.3 Å². The van der Waals surface area contributed by atoms with Gasteiger partial charge in [0.05, 0.1) is 21.6 Å². The molecule has 152 valence electrons. The molecule has 2 aromatic carbocycles. The average molecular weight is 416 g/mol. The first-order valence-electron chi connectivity index (χ1n) is 9.51. The quantitative estimate of drug-likeness (QED) is 0.512. The second kappa shape index (κ2) is 7.04. The molecule has 3 aromatic rings. The van der Waals surface area contributed by atoms with Gasteiger partial charge in [-0.1, -0.05) is 35.0 Å². The van der Waals surface area contributed by atoms with E-state index < -0.39 is 17.5 Å². The predicted octanol–water partition coefficient (Wildman–Crippen LogP) is 5.24. The molecular weight excluding hydrogens is 393 g/mol. The van der Waals surface area contributed by atoms with Gasteiger partial charge in [-0.3, -0.25) is 0 Å². The highest BCUT2D eigenvalue weighted by Crippen LogP contribution is 2.41. The van der Waals surface area contributed by atoms with Gasteiger partial charge >= 0.3 is 0 Å². The lowest BCUT2D eigenvalue weighted by molar-refractivity contribution is 0.137. The van der Waals surface area contributed by atoms with E-state index in [9.17, 15) is 5.11 Å². The summed E-state index contributed by atoms with van der Waals surface area (Å²) in [7, 11) is 0. The molecule has 0 saturated carbocycles. The highest BCUT2D eigenvalue weighted by Gasteiger charge is 2.41. The third-order valence-corrected chi connectivity index (χ3v) is 5.67. The number of fused-ring (bicyclic) bond motifs is 2. The zero-order chi connectivity index (χ0) is 20.9. The molecule has 0 aliphatic carbocycles. The third-order valence-electron chi connectivity index (χ3n) is 5.35. The summed E-state index contributed by atoms with van der Waals surface area (Å²) in [6.07, 6.45) is 0.649. The van der Waals surface area contributed by atoms with Crippen molar-refractivity contribution in [3.8, 4) is 11.1 Å². The lowest BCUT2D eigenvalue weighted by Crippen LogP contribution is -2.52. The van der Waals surface area contributed by atoms with E-state index >= 15 is 4.39 Å². The topological polar surface area (TPSA) is 69.6 Å². The average Bonchev–Trinajstić information content (AvgIpc) is 3.06. The number of hydrogen-bond acceptors (Lipinski definition) is 4. The first-order chi connectivity index (χ1) is 13.8. The SMILES string of the molecule is CCO/N=C1\c2c(F)c(-c3cccc4c(Cl)c[nH]c34)cc(C)c2NC(C)(C)C1O. The minimum absolute atomic E-state index is 0.185. The number of aliphatic hydroxyl groups is 1. The van der Waals surface area contributed by atoms with Gasteiger partial charge in [-0.2, -0.15) is 0 Å². The Kier molecular flexibility index (Phi) is 4.79. The number of halogens is 2. The number of para-hydroxylation sites is 1. The van der Waals surface area contributed by atoms with Crippen molar-refractivity contribution in [1.29, 1.82) is 0 Å². The maximum absolute atomic E-state index is 15.9. The van der Waals surface area contributed by atoms with Crippen molar-refractivity contribution in [1.82, 2.24) is 4.98 Å². The van der Waals surface area contributed by atoms with Crippen molar-refractivity contribution in [3.63, 3.8) is 0 Å². The molecule has 3 N–H and O–H groups in total. The van der Waals surface area contributed by atoms with Crippen LogP contribution in [0.4, 0.5) is 10.1 Å². The van der Waals surface area contributed by atoms with E-state index in [2.05, 4.69) is 15.5 Å². The number of benzene rings is 2. The van der Waals surface area contributed by atoms with Gasteiger partial charge in [-0.15, -0.1) is 0 Å². The van der Waals surface area contributed by atoms with Crippen LogP contribution in [0.25, 0.3) is 22.0 Å². The van der Waals surface area contributed by atoms with Gasteiger partial charge in [0.1, 0.15) is 24.2 Å². The molecule has 2 heterocycles. The first-order valence-corrected chi connectivity index (χ1v) is 9.89. The molecule has 1 unspecified atom stereocenters. The number of nitrogens with one attached hydrogen (secondary N) is 2. The molecule has 0 bridgehead atoms. The standard InChI is InChI=1S/C22H23ClFN3O2/c1-5-29-27-20-16-17(24)14(9-11(2)18(16)26-22(3,4)21(20)28)12-7-6-8-13-15(23)10-25-19(12)13/h6-10,21,25-26,28H,5H2,1-4H3/b27-20+. The van der Waals surface area contributed by atoms with Crippen molar-refractivity contribution in [3.05, 3.63) is 52.4 Å². The van der Waals surface area contributed by atoms with Crippen LogP contribution in [-0.2, 0) is 4.84 Å². The van der Waals surface area contributed by atoms with Gasteiger partial charge < -0.3 is 20.2 Å². The van der Waals surface area contributed by atoms with E-state index in [0.29, 0.717) is 28.4 Å². The zero-order valence-electron chi connectivity index (χ0n) is 16.7. The van der Waals surface area contributed by atoms with Gasteiger partial charge in [-0.05, 0) is 39.3 Å². The fourth-order valence-electron chi connectivity index (χ4n) is 3.83. The van der Waals surface area contributed by atoms with Gasteiger partial charge in [0.2, 0.25) is 0 Å². The van der Waals surface area contributed by atoms with Gasteiger partial charge in [0.25, 0.3) is 0 Å². The molecule has 0 fully saturated rings. The van der Waals surface area contributed by atoms with Crippen molar-refractivity contribution >= 4 is 33.9 Å². The van der Waals surface area contributed by atoms with E-state index in [1.807, 2.05) is 39.0 Å². The van der Waals surface area contributed by atoms with Crippen LogP contribution in [0.15, 0.2) is 35.6 Å². The third kappa shape index (κ3) is 3.07. The van der Waals surface area contributed by atoms with Crippen molar-refractivity contribution < 1.29 is 14.3 Å². The Morgan fingerprint density at radius 3 is 2.79 bits per heavy atom. The Bertz CT molecular complexity index is 1140. The molecule has 1 aromatic heterocycles. The Labute approximate surface area is 173 Å². The highest BCUT2D eigenvalue weighted by molar-refractivity contribution is 6.36. The Balaban J connectivity index is 2.01. The van der Waals surface area contributed by atoms with Crippen LogP contribution in [0.2, 0.25) is 5.02 Å². The molecular formula is C22H23ClFN3O2. The zero-order valence-corrected chi connectivity index (χ0v) is 17.5. The van der Waals surface area contributed by atoms with Crippen molar-refractivity contribution in [2.75, 3.05) is 11.9 Å². The largest absolute Gasteiger partial charge is 0.396 e. The van der Waals surface area contributed by atoms with Crippen molar-refractivity contribution in [2.45, 2.75) is 39.3 Å². The first kappa shape index (κ1) is 19.7. The molecule has 1 aliphatic rings. The second-order valence-corrected chi connectivity index (χ2v) is 8.22. The number of hydrogen-bond donors (Lipinski definition) is 3. The van der Waals surface area contributed by atoms with Crippen LogP contribution < -0.4 is 5.32 Å². The van der Waals surface area contributed by atoms with E-state index in [0.717, 1.165) is 16.5 Å². The normalized spacial score (nSPS) is 19.3. The molecule has 1 atom stereocenters. The van der Waals surface area contributed by atoms with Crippen LogP contribution in [0, 0.1) is 12.7 Å². The van der Waals surface area contributed by atoms with Gasteiger partial charge in [0.15, 0.2) is 0 Å². The summed E-state index contributed by atoms with van der Waals surface area (Å²) in [6, 6.07) is 7.37. The Morgan fingerprint density at radius 2 is 2.07 bits per heavy atom. The van der Waals surface area contributed by atoms with Crippen LogP contribution >= 0.6 is 11.6 Å². The molecule has 0 radical (unpaired) electrons. The molecule has 29 heavy (non-hydrogen) atoms. The maximum atomic E-state index is 15.9. The van der Waals surface area contributed by atoms with Crippen molar-refractivity contribution in [2.24, 2.45) is 5.16 Å². The predicted molar refractivity (Wildman–Crippen MR) is 115 cm³/mol. The second-order valence-electron chi connectivity index (χ2n) is 7.81. The monoisotopic (exact) mass is 415 g/mol. The number of aromatic amines is 1. The van der Waals surface area contributed by atoms with Crippen LogP contribution in [0.5, 0.6) is 0 Å². The number of aliphatic hydroxyl groups excluding tert-OH is 1. The molecule has 4 rings (SSSR count). The number of nitrogens with zero attached hydrogens (tertiary/aromatic N) is 1. The van der Waals surface area contributed by atoms with Crippen LogP contribution in [0.3, 0.4) is 0 Å². The smallest absolute Gasteiger partial charge is 0.142 e. The summed E-state index contributed by atoms with van der Waals surface area (Å²) in [4.78, 5) is 8.35. The van der Waals surface area contributed by atoms with Crippen LogP contribution in [-0.4, -0.2) is 34.1 Å². The van der Waals surface area contributed by atoms with Crippen LogP contribution in [0.1, 0.15) is 31.9 Å². The summed E-state index contributed by atoms with van der Waals surface area (Å²) in [5.41, 5.74) is 2.99. The molecule has 0 spiro atoms. The number of rotatable bonds is 3. The summed E-state index contributed by atoms with van der Waals surface area (Å²) in [5, 5.41) is 19.6. The number of aromatic nitrogens is 1. The number of oxime groups is 1. The van der Waals surface area contributed by atoms with E-state index in [1.54, 1.807) is 19.2 Å². The number of anilines is 1. The molecule has 0 amide bonds. The van der Waals surface area contributed by atoms with Gasteiger partial charge in [0, 0.05) is 28.4 Å². The summed E-state index contributed by atoms with van der Waals surface area (Å²) in [6.45, 7) is 7.70. The lowest BCUT2D eigenvalue weighted by Gasteiger charge is -2.39. The Hall–Kier alpha value is -2.57. The van der Waals surface area contributed by atoms with E-state index in [1.165, 1.54) is 0 Å². The minimum Gasteiger partial charge on any atom is -0.396 e. The fraction of sp³-hybridized carbons (Fsp3) is 0.318. The number of H-pyrrole nitrogens is 1. The van der Waals surface area contributed by atoms with E-state index in [4.69, 9.17) is 16.4 Å². The molecule has 5 nitrogen and oxygen atoms in total. The summed E-state index contributed by atoms with van der Waals surface area (Å²) >= 11 is 6.25. The fourth-order valence-corrected chi connectivity index (χ4v) is 4.05. The maximum Gasteiger partial charge on any atom is 0.142 e.